The van der Waals surface area contributed by atoms with Crippen molar-refractivity contribution >= 4 is 27.3 Å². The van der Waals surface area contributed by atoms with Crippen LogP contribution >= 0.6 is 11.6 Å². The molecule has 118 valence electrons. The molecular weight excluding hydrogens is 329 g/mol. The summed E-state index contributed by atoms with van der Waals surface area (Å²) in [6.07, 6.45) is 0. The third kappa shape index (κ3) is 3.69. The van der Waals surface area contributed by atoms with Crippen LogP contribution in [-0.2, 0) is 10.0 Å². The highest BCUT2D eigenvalue weighted by atomic mass is 35.5. The molecule has 0 aliphatic rings. The molecule has 2 aromatic carbocycles. The number of hydrogen-bond donors (Lipinski definition) is 1. The first-order valence-electron chi connectivity index (χ1n) is 6.55. The highest BCUT2D eigenvalue weighted by Gasteiger charge is 2.18. The quantitative estimate of drug-likeness (QED) is 0.893. The van der Waals surface area contributed by atoms with Gasteiger partial charge in [-0.05, 0) is 43.7 Å². The summed E-state index contributed by atoms with van der Waals surface area (Å²) in [7, 11) is -3.87. The number of ether oxygens (including phenoxy) is 1. The van der Waals surface area contributed by atoms with Crippen molar-refractivity contribution in [1.82, 2.24) is 0 Å². The Balaban J connectivity index is 2.38. The van der Waals surface area contributed by atoms with Crippen LogP contribution in [0, 0.1) is 12.7 Å². The highest BCUT2D eigenvalue weighted by molar-refractivity contribution is 7.92. The van der Waals surface area contributed by atoms with Crippen molar-refractivity contribution < 1.29 is 17.5 Å². The van der Waals surface area contributed by atoms with Crippen molar-refractivity contribution in [3.63, 3.8) is 0 Å². The molecule has 0 saturated carbocycles. The third-order valence-corrected chi connectivity index (χ3v) is 4.56. The molecule has 0 spiro atoms. The van der Waals surface area contributed by atoms with E-state index in [1.54, 1.807) is 26.0 Å². The molecule has 2 rings (SSSR count). The molecule has 1 N–H and O–H groups in total. The van der Waals surface area contributed by atoms with Gasteiger partial charge >= 0.3 is 0 Å². The van der Waals surface area contributed by atoms with Gasteiger partial charge in [0.15, 0.2) is 11.6 Å². The van der Waals surface area contributed by atoms with Crippen LogP contribution in [0.3, 0.4) is 0 Å². The first kappa shape index (κ1) is 16.6. The van der Waals surface area contributed by atoms with Gasteiger partial charge in [0, 0.05) is 11.1 Å². The van der Waals surface area contributed by atoms with Gasteiger partial charge in [-0.2, -0.15) is 0 Å². The van der Waals surface area contributed by atoms with Gasteiger partial charge in [0.1, 0.15) is 0 Å². The zero-order chi connectivity index (χ0) is 16.3. The summed E-state index contributed by atoms with van der Waals surface area (Å²) in [6, 6.07) is 8.28. The Bertz CT molecular complexity index is 793. The first-order chi connectivity index (χ1) is 10.3. The molecule has 0 aliphatic carbocycles. The molecule has 4 nitrogen and oxygen atoms in total. The van der Waals surface area contributed by atoms with Gasteiger partial charge in [-0.25, -0.2) is 12.8 Å². The maximum atomic E-state index is 13.5. The van der Waals surface area contributed by atoms with Crippen LogP contribution in [0.2, 0.25) is 5.02 Å². The average molecular weight is 344 g/mol. The minimum Gasteiger partial charge on any atom is -0.491 e. The van der Waals surface area contributed by atoms with Crippen LogP contribution in [0.1, 0.15) is 12.5 Å². The number of anilines is 1. The number of nitrogens with one attached hydrogen (secondary N) is 1. The van der Waals surface area contributed by atoms with Gasteiger partial charge in [-0.3, -0.25) is 4.72 Å². The molecule has 7 heteroatoms. The average Bonchev–Trinajstić information content (AvgIpc) is 2.45. The summed E-state index contributed by atoms with van der Waals surface area (Å²) in [5.41, 5.74) is 1.09. The summed E-state index contributed by atoms with van der Waals surface area (Å²) in [4.78, 5) is -0.0864. The van der Waals surface area contributed by atoms with E-state index in [4.69, 9.17) is 16.3 Å². The number of sulfonamides is 1. The molecule has 0 atom stereocenters. The molecule has 0 unspecified atom stereocenters. The second-order valence-electron chi connectivity index (χ2n) is 4.59. The molecule has 0 aromatic heterocycles. The Morgan fingerprint density at radius 3 is 2.64 bits per heavy atom. The molecular formula is C15H15ClFNO3S. The Hall–Kier alpha value is -1.79. The molecule has 0 saturated heterocycles. The normalized spacial score (nSPS) is 11.3. The van der Waals surface area contributed by atoms with Crippen molar-refractivity contribution in [2.24, 2.45) is 0 Å². The fourth-order valence-electron chi connectivity index (χ4n) is 1.82. The number of halogens is 2. The van der Waals surface area contributed by atoms with Gasteiger partial charge in [-0.15, -0.1) is 0 Å². The third-order valence-electron chi connectivity index (χ3n) is 2.96. The molecule has 0 radical (unpaired) electrons. The maximum Gasteiger partial charge on any atom is 0.262 e. The summed E-state index contributed by atoms with van der Waals surface area (Å²) in [5.74, 6) is -0.715. The van der Waals surface area contributed by atoms with Crippen LogP contribution < -0.4 is 9.46 Å². The summed E-state index contributed by atoms with van der Waals surface area (Å²) < 4.78 is 45.9. The SMILES string of the molecule is CCOc1cc(S(=O)(=O)Nc2cc(Cl)ccc2C)ccc1F. The van der Waals surface area contributed by atoms with E-state index in [0.29, 0.717) is 10.7 Å². The Morgan fingerprint density at radius 1 is 1.23 bits per heavy atom. The van der Waals surface area contributed by atoms with E-state index >= 15 is 0 Å². The van der Waals surface area contributed by atoms with E-state index in [0.717, 1.165) is 17.7 Å². The van der Waals surface area contributed by atoms with Gasteiger partial charge in [0.05, 0.1) is 17.2 Å². The van der Waals surface area contributed by atoms with Gasteiger partial charge < -0.3 is 4.74 Å². The lowest BCUT2D eigenvalue weighted by Gasteiger charge is -2.12. The van der Waals surface area contributed by atoms with E-state index in [1.807, 2.05) is 0 Å². The Labute approximate surface area is 133 Å². The molecule has 22 heavy (non-hydrogen) atoms. The monoisotopic (exact) mass is 343 g/mol. The minimum absolute atomic E-state index is 0.0864. The number of rotatable bonds is 5. The van der Waals surface area contributed by atoms with Crippen LogP contribution in [-0.4, -0.2) is 15.0 Å². The maximum absolute atomic E-state index is 13.5. The van der Waals surface area contributed by atoms with Crippen LogP contribution in [0.5, 0.6) is 5.75 Å². The van der Waals surface area contributed by atoms with Gasteiger partial charge in [-0.1, -0.05) is 17.7 Å². The highest BCUT2D eigenvalue weighted by Crippen LogP contribution is 2.26. The second kappa shape index (κ2) is 6.54. The Kier molecular flexibility index (Phi) is 4.93. The molecule has 0 amide bonds. The zero-order valence-electron chi connectivity index (χ0n) is 12.1. The van der Waals surface area contributed by atoms with Gasteiger partial charge in [0.25, 0.3) is 10.0 Å². The van der Waals surface area contributed by atoms with E-state index in [2.05, 4.69) is 4.72 Å². The minimum atomic E-state index is -3.87. The summed E-state index contributed by atoms with van der Waals surface area (Å²) in [5, 5.41) is 0.414. The van der Waals surface area contributed by atoms with Crippen LogP contribution in [0.15, 0.2) is 41.3 Å². The number of benzene rings is 2. The Morgan fingerprint density at radius 2 is 1.95 bits per heavy atom. The molecule has 2 aromatic rings. The van der Waals surface area contributed by atoms with E-state index in [9.17, 15) is 12.8 Å². The lowest BCUT2D eigenvalue weighted by molar-refractivity contribution is 0.320. The fourth-order valence-corrected chi connectivity index (χ4v) is 3.13. The first-order valence-corrected chi connectivity index (χ1v) is 8.41. The largest absolute Gasteiger partial charge is 0.491 e. The lowest BCUT2D eigenvalue weighted by Crippen LogP contribution is -2.14. The smallest absolute Gasteiger partial charge is 0.262 e. The van der Waals surface area contributed by atoms with E-state index < -0.39 is 15.8 Å². The zero-order valence-corrected chi connectivity index (χ0v) is 13.6. The van der Waals surface area contributed by atoms with E-state index in [-0.39, 0.29) is 17.3 Å². The number of hydrogen-bond acceptors (Lipinski definition) is 3. The predicted octanol–water partition coefficient (Wildman–Crippen LogP) is 3.99. The van der Waals surface area contributed by atoms with E-state index in [1.165, 1.54) is 12.1 Å². The molecule has 0 heterocycles. The topological polar surface area (TPSA) is 55.4 Å². The number of aryl methyl sites for hydroxylation is 1. The van der Waals surface area contributed by atoms with Crippen LogP contribution in [0.25, 0.3) is 0 Å². The molecule has 0 bridgehead atoms. The van der Waals surface area contributed by atoms with Crippen molar-refractivity contribution in [2.75, 3.05) is 11.3 Å². The summed E-state index contributed by atoms with van der Waals surface area (Å²) in [6.45, 7) is 3.68. The second-order valence-corrected chi connectivity index (χ2v) is 6.71. The van der Waals surface area contributed by atoms with Gasteiger partial charge in [0.2, 0.25) is 0 Å². The molecule has 0 aliphatic heterocycles. The van der Waals surface area contributed by atoms with Crippen molar-refractivity contribution in [1.29, 1.82) is 0 Å². The predicted molar refractivity (Wildman–Crippen MR) is 84.6 cm³/mol. The van der Waals surface area contributed by atoms with Crippen LogP contribution in [0.4, 0.5) is 10.1 Å². The van der Waals surface area contributed by atoms with Crippen molar-refractivity contribution in [2.45, 2.75) is 18.7 Å². The van der Waals surface area contributed by atoms with Crippen molar-refractivity contribution in [3.8, 4) is 5.75 Å². The fraction of sp³-hybridized carbons (Fsp3) is 0.200. The molecule has 0 fully saturated rings. The standard InChI is InChI=1S/C15H15ClFNO3S/c1-3-21-15-9-12(6-7-13(15)17)22(19,20)18-14-8-11(16)5-4-10(14)2/h4-9,18H,3H2,1-2H3. The lowest BCUT2D eigenvalue weighted by atomic mass is 10.2. The van der Waals surface area contributed by atoms with Crippen molar-refractivity contribution in [3.05, 3.63) is 52.8 Å². The summed E-state index contributed by atoms with van der Waals surface area (Å²) >= 11 is 5.87.